The van der Waals surface area contributed by atoms with E-state index in [1.165, 1.54) is 5.01 Å². The number of ether oxygens (including phenoxy) is 1. The molecule has 2 aliphatic rings. The molecule has 1 saturated heterocycles. The molecule has 1 unspecified atom stereocenters. The molecule has 2 atom stereocenters. The maximum absolute atomic E-state index is 14.0. The van der Waals surface area contributed by atoms with Crippen molar-refractivity contribution >= 4 is 51.2 Å². The number of nitrogens with zero attached hydrogens (tertiary/aromatic N) is 3. The molecule has 39 heavy (non-hydrogen) atoms. The number of halogens is 2. The van der Waals surface area contributed by atoms with E-state index in [9.17, 15) is 14.4 Å². The molecule has 3 amide bonds. The molecule has 0 radical (unpaired) electrons. The molecule has 4 rings (SSSR count). The van der Waals surface area contributed by atoms with Crippen LogP contribution >= 0.6 is 27.5 Å². The molecular weight excluding hydrogens is 584 g/mol. The van der Waals surface area contributed by atoms with Crippen molar-refractivity contribution in [2.75, 3.05) is 20.1 Å². The number of piperidine rings is 1. The van der Waals surface area contributed by atoms with Gasteiger partial charge >= 0.3 is 6.09 Å². The third kappa shape index (κ3) is 6.81. The van der Waals surface area contributed by atoms with Crippen molar-refractivity contribution in [3.8, 4) is 0 Å². The second-order valence-corrected chi connectivity index (χ2v) is 12.4. The van der Waals surface area contributed by atoms with Gasteiger partial charge in [-0.05, 0) is 63.3 Å². The van der Waals surface area contributed by atoms with E-state index in [1.54, 1.807) is 38.8 Å². The molecule has 2 heterocycles. The summed E-state index contributed by atoms with van der Waals surface area (Å²) in [5.74, 6) is -0.389. The fourth-order valence-electron chi connectivity index (χ4n) is 5.17. The van der Waals surface area contributed by atoms with Crippen LogP contribution in [0.2, 0.25) is 5.02 Å². The number of benzene rings is 2. The molecule has 1 N–H and O–H groups in total. The van der Waals surface area contributed by atoms with Gasteiger partial charge in [-0.2, -0.15) is 5.10 Å². The van der Waals surface area contributed by atoms with Gasteiger partial charge in [0.25, 0.3) is 5.91 Å². The number of hydrogen-bond acceptors (Lipinski definition) is 5. The van der Waals surface area contributed by atoms with Crippen molar-refractivity contribution in [2.24, 2.45) is 10.5 Å². The normalized spacial score (nSPS) is 19.8. The highest BCUT2D eigenvalue weighted by Crippen LogP contribution is 2.38. The van der Waals surface area contributed by atoms with Gasteiger partial charge in [-0.3, -0.25) is 9.59 Å². The summed E-state index contributed by atoms with van der Waals surface area (Å²) in [6.07, 6.45) is 1.04. The molecule has 2 aliphatic heterocycles. The molecule has 208 valence electrons. The number of hydrogen-bond donors (Lipinski definition) is 1. The number of amides is 3. The molecule has 0 saturated carbocycles. The number of rotatable bonds is 7. The highest BCUT2D eigenvalue weighted by atomic mass is 79.9. The number of alkyl carbamates (subject to hydrolysis) is 1. The molecule has 0 spiro atoms. The topological polar surface area (TPSA) is 91.3 Å². The standard InChI is InChI=1S/C29H34BrClN4O4/c1-28(2,3)39-27(38)32-23(13-11-20-10-12-21(30)16-22(20)31)25(36)35-15-14-24-29(18-35,26(37)34(4)33-24)17-19-8-6-5-7-9-19/h5-10,12,16,23H,11,13-15,17-18H2,1-4H3,(H,32,38)/t23?,29-/m1/s1. The number of nitrogens with one attached hydrogen (secondary N) is 1. The van der Waals surface area contributed by atoms with Crippen LogP contribution in [0, 0.1) is 5.41 Å². The summed E-state index contributed by atoms with van der Waals surface area (Å²) in [7, 11) is 1.65. The third-order valence-corrected chi connectivity index (χ3v) is 7.82. The van der Waals surface area contributed by atoms with E-state index < -0.39 is 23.2 Å². The van der Waals surface area contributed by atoms with Gasteiger partial charge in [0.1, 0.15) is 17.1 Å². The van der Waals surface area contributed by atoms with Gasteiger partial charge in [-0.15, -0.1) is 0 Å². The lowest BCUT2D eigenvalue weighted by atomic mass is 9.73. The maximum atomic E-state index is 14.0. The fraction of sp³-hybridized carbons (Fsp3) is 0.448. The molecular formula is C29H34BrClN4O4. The Balaban J connectivity index is 1.58. The second-order valence-electron chi connectivity index (χ2n) is 11.1. The van der Waals surface area contributed by atoms with E-state index in [0.717, 1.165) is 21.3 Å². The minimum Gasteiger partial charge on any atom is -0.444 e. The van der Waals surface area contributed by atoms with E-state index in [-0.39, 0.29) is 18.4 Å². The first-order valence-corrected chi connectivity index (χ1v) is 14.2. The van der Waals surface area contributed by atoms with Gasteiger partial charge < -0.3 is 15.0 Å². The van der Waals surface area contributed by atoms with E-state index in [0.29, 0.717) is 37.3 Å². The number of likely N-dealkylation sites (tertiary alicyclic amines) is 1. The van der Waals surface area contributed by atoms with Gasteiger partial charge in [-0.1, -0.05) is 63.9 Å². The zero-order chi connectivity index (χ0) is 28.4. The summed E-state index contributed by atoms with van der Waals surface area (Å²) in [5.41, 5.74) is 1.00. The molecule has 0 aliphatic carbocycles. The van der Waals surface area contributed by atoms with Crippen LogP contribution in [0.15, 0.2) is 58.1 Å². The van der Waals surface area contributed by atoms with E-state index in [2.05, 4.69) is 26.3 Å². The Morgan fingerprint density at radius 3 is 2.59 bits per heavy atom. The Hall–Kier alpha value is -2.91. The van der Waals surface area contributed by atoms with Crippen LogP contribution in [-0.2, 0) is 27.2 Å². The molecule has 8 nitrogen and oxygen atoms in total. The number of carbonyl (C=O) groups is 3. The van der Waals surface area contributed by atoms with Crippen molar-refractivity contribution in [3.05, 3.63) is 69.2 Å². The van der Waals surface area contributed by atoms with Crippen LogP contribution in [-0.4, -0.2) is 65.3 Å². The summed E-state index contributed by atoms with van der Waals surface area (Å²) in [5, 5.41) is 9.28. The number of carbonyl (C=O) groups excluding carboxylic acids is 3. The van der Waals surface area contributed by atoms with Crippen molar-refractivity contribution in [2.45, 2.75) is 58.1 Å². The average Bonchev–Trinajstić information content (AvgIpc) is 3.10. The van der Waals surface area contributed by atoms with Crippen molar-refractivity contribution < 1.29 is 19.1 Å². The largest absolute Gasteiger partial charge is 0.444 e. The molecule has 2 aromatic carbocycles. The number of hydrazone groups is 1. The van der Waals surface area contributed by atoms with Crippen LogP contribution in [0.5, 0.6) is 0 Å². The SMILES string of the molecule is CN1N=C2CCN(C(=O)C(CCc3ccc(Br)cc3Cl)NC(=O)OC(C)(C)C)C[C@@]2(Cc2ccccc2)C1=O. The fourth-order valence-corrected chi connectivity index (χ4v) is 5.93. The molecule has 10 heteroatoms. The summed E-state index contributed by atoms with van der Waals surface area (Å²) in [6.45, 7) is 5.90. The van der Waals surface area contributed by atoms with Crippen LogP contribution in [0.25, 0.3) is 0 Å². The number of aryl methyl sites for hydroxylation is 1. The first-order chi connectivity index (χ1) is 18.4. The Labute approximate surface area is 242 Å². The van der Waals surface area contributed by atoms with Crippen molar-refractivity contribution in [3.63, 3.8) is 0 Å². The molecule has 1 fully saturated rings. The molecule has 2 aromatic rings. The van der Waals surface area contributed by atoms with Gasteiger partial charge in [0.2, 0.25) is 5.91 Å². The Morgan fingerprint density at radius 2 is 1.92 bits per heavy atom. The lowest BCUT2D eigenvalue weighted by molar-refractivity contribution is -0.140. The van der Waals surface area contributed by atoms with E-state index in [4.69, 9.17) is 16.3 Å². The first-order valence-electron chi connectivity index (χ1n) is 13.0. The Bertz CT molecular complexity index is 1280. The smallest absolute Gasteiger partial charge is 0.408 e. The minimum absolute atomic E-state index is 0.128. The highest BCUT2D eigenvalue weighted by molar-refractivity contribution is 9.10. The zero-order valence-corrected chi connectivity index (χ0v) is 25.0. The van der Waals surface area contributed by atoms with Gasteiger partial charge in [0.05, 0.1) is 5.71 Å². The predicted octanol–water partition coefficient (Wildman–Crippen LogP) is 5.22. The monoisotopic (exact) mass is 616 g/mol. The maximum Gasteiger partial charge on any atom is 0.408 e. The van der Waals surface area contributed by atoms with Crippen molar-refractivity contribution in [1.29, 1.82) is 0 Å². The summed E-state index contributed by atoms with van der Waals surface area (Å²) >= 11 is 9.84. The minimum atomic E-state index is -0.935. The van der Waals surface area contributed by atoms with Gasteiger partial charge in [-0.25, -0.2) is 9.80 Å². The van der Waals surface area contributed by atoms with Crippen LogP contribution in [0.3, 0.4) is 0 Å². The van der Waals surface area contributed by atoms with Crippen molar-refractivity contribution in [1.82, 2.24) is 15.2 Å². The highest BCUT2D eigenvalue weighted by Gasteiger charge is 2.53. The quantitative estimate of drug-likeness (QED) is 0.462. The van der Waals surface area contributed by atoms with Crippen LogP contribution < -0.4 is 5.32 Å². The summed E-state index contributed by atoms with van der Waals surface area (Å²) < 4.78 is 6.32. The summed E-state index contributed by atoms with van der Waals surface area (Å²) in [4.78, 5) is 41.9. The molecule has 0 bridgehead atoms. The van der Waals surface area contributed by atoms with E-state index in [1.807, 2.05) is 42.5 Å². The molecule has 0 aromatic heterocycles. The average molecular weight is 618 g/mol. The van der Waals surface area contributed by atoms with Crippen LogP contribution in [0.1, 0.15) is 44.7 Å². The lowest BCUT2D eigenvalue weighted by Gasteiger charge is -2.40. The predicted molar refractivity (Wildman–Crippen MR) is 155 cm³/mol. The van der Waals surface area contributed by atoms with E-state index >= 15 is 0 Å². The number of fused-ring (bicyclic) bond motifs is 1. The van der Waals surface area contributed by atoms with Gasteiger partial charge in [0, 0.05) is 36.1 Å². The zero-order valence-electron chi connectivity index (χ0n) is 22.7. The van der Waals surface area contributed by atoms with Crippen LogP contribution in [0.4, 0.5) is 4.79 Å². The summed E-state index contributed by atoms with van der Waals surface area (Å²) in [6, 6.07) is 14.5. The first kappa shape index (κ1) is 29.1. The Morgan fingerprint density at radius 1 is 1.21 bits per heavy atom. The lowest BCUT2D eigenvalue weighted by Crippen LogP contribution is -2.59. The third-order valence-electron chi connectivity index (χ3n) is 6.97. The van der Waals surface area contributed by atoms with Gasteiger partial charge in [0.15, 0.2) is 0 Å². The second kappa shape index (κ2) is 11.7. The Kier molecular flexibility index (Phi) is 8.71.